The topological polar surface area (TPSA) is 53.6 Å². The normalized spacial score (nSPS) is 10.5. The van der Waals surface area contributed by atoms with Gasteiger partial charge in [0.15, 0.2) is 0 Å². The average Bonchev–Trinajstić information content (AvgIpc) is 2.39. The number of benzene rings is 1. The minimum atomic E-state index is -0.101. The first-order valence-corrected chi connectivity index (χ1v) is 6.44. The number of carbonyl (C=O) groups excluding carboxylic acids is 1. The molecule has 1 aromatic carbocycles. The van der Waals surface area contributed by atoms with E-state index in [1.54, 1.807) is 6.07 Å². The first kappa shape index (κ1) is 15.5. The molecule has 2 N–H and O–H groups in total. The monoisotopic (exact) mass is 265 g/mol. The number of nitrogens with one attached hydrogen (secondary N) is 2. The Kier molecular flexibility index (Phi) is 6.92. The van der Waals surface area contributed by atoms with Crippen molar-refractivity contribution in [1.29, 1.82) is 0 Å². The van der Waals surface area contributed by atoms with Crippen LogP contribution in [0, 0.1) is 0 Å². The van der Waals surface area contributed by atoms with Gasteiger partial charge in [-0.3, -0.25) is 4.79 Å². The van der Waals surface area contributed by atoms with Gasteiger partial charge in [-0.15, -0.1) is 0 Å². The number of likely N-dealkylation sites (N-methyl/N-ethyl adjacent to an activating group) is 2. The van der Waals surface area contributed by atoms with E-state index in [0.717, 1.165) is 13.1 Å². The zero-order valence-electron chi connectivity index (χ0n) is 11.9. The van der Waals surface area contributed by atoms with E-state index in [1.165, 1.54) is 0 Å². The second-order valence-electron chi connectivity index (χ2n) is 4.51. The Hall–Kier alpha value is -1.59. The van der Waals surface area contributed by atoms with E-state index in [4.69, 9.17) is 4.74 Å². The summed E-state index contributed by atoms with van der Waals surface area (Å²) in [5.41, 5.74) is 0.581. The van der Waals surface area contributed by atoms with Gasteiger partial charge in [0, 0.05) is 19.6 Å². The maximum absolute atomic E-state index is 12.0. The summed E-state index contributed by atoms with van der Waals surface area (Å²) in [7, 11) is 5.82. The van der Waals surface area contributed by atoms with Crippen molar-refractivity contribution in [1.82, 2.24) is 15.5 Å². The van der Waals surface area contributed by atoms with E-state index in [2.05, 4.69) is 10.6 Å². The summed E-state index contributed by atoms with van der Waals surface area (Å²) in [5.74, 6) is 0.530. The van der Waals surface area contributed by atoms with Crippen molar-refractivity contribution in [3.8, 4) is 5.75 Å². The van der Waals surface area contributed by atoms with Crippen LogP contribution in [0.5, 0.6) is 5.75 Å². The lowest BCUT2D eigenvalue weighted by Crippen LogP contribution is -2.30. The van der Waals surface area contributed by atoms with Crippen molar-refractivity contribution in [3.05, 3.63) is 29.8 Å². The summed E-state index contributed by atoms with van der Waals surface area (Å²) in [4.78, 5) is 14.0. The molecule has 1 aromatic rings. The van der Waals surface area contributed by atoms with Crippen LogP contribution in [0.4, 0.5) is 0 Å². The zero-order valence-corrected chi connectivity index (χ0v) is 11.9. The van der Waals surface area contributed by atoms with E-state index < -0.39 is 0 Å². The largest absolute Gasteiger partial charge is 0.491 e. The van der Waals surface area contributed by atoms with Crippen molar-refractivity contribution in [2.24, 2.45) is 0 Å². The number of amides is 1. The smallest absolute Gasteiger partial charge is 0.255 e. The number of hydrogen-bond donors (Lipinski definition) is 2. The molecule has 0 aromatic heterocycles. The molecule has 0 aliphatic rings. The van der Waals surface area contributed by atoms with Gasteiger partial charge in [0.1, 0.15) is 12.4 Å². The first-order chi connectivity index (χ1) is 9.15. The third kappa shape index (κ3) is 5.72. The molecule has 0 atom stereocenters. The highest BCUT2D eigenvalue weighted by Crippen LogP contribution is 2.17. The van der Waals surface area contributed by atoms with Crippen LogP contribution in [0.25, 0.3) is 0 Å². The van der Waals surface area contributed by atoms with Gasteiger partial charge in [-0.25, -0.2) is 0 Å². The summed E-state index contributed by atoms with van der Waals surface area (Å²) < 4.78 is 5.66. The van der Waals surface area contributed by atoms with Crippen molar-refractivity contribution < 1.29 is 9.53 Å². The van der Waals surface area contributed by atoms with Gasteiger partial charge in [-0.1, -0.05) is 12.1 Å². The maximum Gasteiger partial charge on any atom is 0.255 e. The molecule has 0 heterocycles. The molecule has 5 heteroatoms. The van der Waals surface area contributed by atoms with Gasteiger partial charge in [0.25, 0.3) is 5.91 Å². The Labute approximate surface area is 114 Å². The standard InChI is InChI=1S/C14H23N3O2/c1-15-8-9-16-14(18)12-6-4-5-7-13(12)19-11-10-17(2)3/h4-7,15H,8-11H2,1-3H3,(H,16,18). The highest BCUT2D eigenvalue weighted by Gasteiger charge is 2.11. The first-order valence-electron chi connectivity index (χ1n) is 6.44. The van der Waals surface area contributed by atoms with E-state index in [9.17, 15) is 4.79 Å². The average molecular weight is 265 g/mol. The maximum atomic E-state index is 12.0. The molecule has 0 saturated carbocycles. The minimum Gasteiger partial charge on any atom is -0.491 e. The molecule has 0 aliphatic heterocycles. The fourth-order valence-electron chi connectivity index (χ4n) is 1.51. The molecular formula is C14H23N3O2. The molecule has 106 valence electrons. The molecule has 0 bridgehead atoms. The lowest BCUT2D eigenvalue weighted by Gasteiger charge is -2.14. The number of rotatable bonds is 8. The van der Waals surface area contributed by atoms with Gasteiger partial charge < -0.3 is 20.3 Å². The molecule has 5 nitrogen and oxygen atoms in total. The molecule has 0 radical (unpaired) electrons. The molecule has 0 fully saturated rings. The van der Waals surface area contributed by atoms with E-state index in [-0.39, 0.29) is 5.91 Å². The van der Waals surface area contributed by atoms with Crippen LogP contribution in [-0.2, 0) is 0 Å². The van der Waals surface area contributed by atoms with Crippen molar-refractivity contribution in [3.63, 3.8) is 0 Å². The quantitative estimate of drug-likeness (QED) is 0.675. The Morgan fingerprint density at radius 2 is 2.00 bits per heavy atom. The van der Waals surface area contributed by atoms with Crippen LogP contribution in [0.3, 0.4) is 0 Å². The van der Waals surface area contributed by atoms with Crippen molar-refractivity contribution >= 4 is 5.91 Å². The zero-order chi connectivity index (χ0) is 14.1. The van der Waals surface area contributed by atoms with Crippen LogP contribution in [0.1, 0.15) is 10.4 Å². The Morgan fingerprint density at radius 3 is 2.68 bits per heavy atom. The number of ether oxygens (including phenoxy) is 1. The van der Waals surface area contributed by atoms with Crippen LogP contribution >= 0.6 is 0 Å². The molecule has 0 aliphatic carbocycles. The summed E-state index contributed by atoms with van der Waals surface area (Å²) >= 11 is 0. The Balaban J connectivity index is 2.59. The third-order valence-electron chi connectivity index (χ3n) is 2.59. The van der Waals surface area contributed by atoms with E-state index in [1.807, 2.05) is 44.2 Å². The second kappa shape index (κ2) is 8.50. The third-order valence-corrected chi connectivity index (χ3v) is 2.59. The van der Waals surface area contributed by atoms with Gasteiger partial charge in [0.2, 0.25) is 0 Å². The summed E-state index contributed by atoms with van der Waals surface area (Å²) in [6.07, 6.45) is 0. The molecule has 1 amide bonds. The van der Waals surface area contributed by atoms with E-state index >= 15 is 0 Å². The van der Waals surface area contributed by atoms with Gasteiger partial charge in [-0.2, -0.15) is 0 Å². The Bertz CT molecular complexity index is 394. The fourth-order valence-corrected chi connectivity index (χ4v) is 1.51. The second-order valence-corrected chi connectivity index (χ2v) is 4.51. The predicted octanol–water partition coefficient (Wildman–Crippen LogP) is 0.576. The number of para-hydroxylation sites is 1. The van der Waals surface area contributed by atoms with Crippen LogP contribution in [-0.4, -0.2) is 58.2 Å². The van der Waals surface area contributed by atoms with Crippen molar-refractivity contribution in [2.45, 2.75) is 0 Å². The summed E-state index contributed by atoms with van der Waals surface area (Å²) in [5, 5.41) is 5.83. The highest BCUT2D eigenvalue weighted by atomic mass is 16.5. The lowest BCUT2D eigenvalue weighted by molar-refractivity contribution is 0.0949. The number of carbonyl (C=O) groups is 1. The van der Waals surface area contributed by atoms with E-state index in [0.29, 0.717) is 24.5 Å². The molecular weight excluding hydrogens is 242 g/mol. The molecule has 0 saturated heterocycles. The van der Waals surface area contributed by atoms with Crippen LogP contribution < -0.4 is 15.4 Å². The minimum absolute atomic E-state index is 0.101. The molecule has 0 spiro atoms. The van der Waals surface area contributed by atoms with Gasteiger partial charge in [0.05, 0.1) is 5.56 Å². The highest BCUT2D eigenvalue weighted by molar-refractivity contribution is 5.96. The van der Waals surface area contributed by atoms with Crippen LogP contribution in [0.2, 0.25) is 0 Å². The molecule has 1 rings (SSSR count). The summed E-state index contributed by atoms with van der Waals surface area (Å²) in [6, 6.07) is 7.31. The van der Waals surface area contributed by atoms with Gasteiger partial charge in [-0.05, 0) is 33.3 Å². The van der Waals surface area contributed by atoms with Crippen molar-refractivity contribution in [2.75, 3.05) is 47.4 Å². The number of nitrogens with zero attached hydrogens (tertiary/aromatic N) is 1. The fraction of sp³-hybridized carbons (Fsp3) is 0.500. The molecule has 19 heavy (non-hydrogen) atoms. The predicted molar refractivity (Wildman–Crippen MR) is 76.8 cm³/mol. The number of hydrogen-bond acceptors (Lipinski definition) is 4. The Morgan fingerprint density at radius 1 is 1.26 bits per heavy atom. The van der Waals surface area contributed by atoms with Crippen LogP contribution in [0.15, 0.2) is 24.3 Å². The lowest BCUT2D eigenvalue weighted by atomic mass is 10.2. The van der Waals surface area contributed by atoms with Gasteiger partial charge >= 0.3 is 0 Å². The molecule has 0 unspecified atom stereocenters. The SMILES string of the molecule is CNCCNC(=O)c1ccccc1OCCN(C)C. The summed E-state index contributed by atoms with van der Waals surface area (Å²) in [6.45, 7) is 2.72.